The Bertz CT molecular complexity index is 1190. The van der Waals surface area contributed by atoms with E-state index in [0.717, 1.165) is 27.0 Å². The fourth-order valence-electron chi connectivity index (χ4n) is 3.27. The van der Waals surface area contributed by atoms with E-state index in [1.807, 2.05) is 17.5 Å². The zero-order chi connectivity index (χ0) is 22.0. The van der Waals surface area contributed by atoms with Crippen molar-refractivity contribution in [1.29, 1.82) is 0 Å². The van der Waals surface area contributed by atoms with E-state index in [0.29, 0.717) is 11.8 Å². The number of amides is 1. The first-order valence-corrected chi connectivity index (χ1v) is 11.7. The van der Waals surface area contributed by atoms with Crippen LogP contribution < -0.4 is 0 Å². The number of pyridine rings is 1. The fraction of sp³-hybridized carbons (Fsp3) is 0.250. The normalized spacial score (nSPS) is 15.2. The van der Waals surface area contributed by atoms with E-state index >= 15 is 0 Å². The molecule has 4 rings (SSSR count). The second kappa shape index (κ2) is 8.77. The van der Waals surface area contributed by atoms with Crippen molar-refractivity contribution in [1.82, 2.24) is 19.2 Å². The molecule has 0 N–H and O–H groups in total. The largest absolute Gasteiger partial charge is 0.340 e. The number of halogens is 2. The van der Waals surface area contributed by atoms with Crippen LogP contribution in [0.4, 0.5) is 8.78 Å². The highest BCUT2D eigenvalue weighted by Gasteiger charge is 2.32. The predicted octanol–water partition coefficient (Wildman–Crippen LogP) is 2.56. The topological polar surface area (TPSA) is 83.5 Å². The van der Waals surface area contributed by atoms with Crippen LogP contribution in [0.15, 0.2) is 53.0 Å². The molecule has 0 atom stereocenters. The summed E-state index contributed by atoms with van der Waals surface area (Å²) in [6.45, 7) is 0.327. The number of benzene rings is 1. The minimum atomic E-state index is -4.19. The number of hydrogen-bond donors (Lipinski definition) is 0. The van der Waals surface area contributed by atoms with Crippen molar-refractivity contribution in [3.63, 3.8) is 0 Å². The number of thiazole rings is 1. The molecular weight excluding hydrogens is 446 g/mol. The van der Waals surface area contributed by atoms with E-state index in [2.05, 4.69) is 9.97 Å². The fourth-order valence-corrected chi connectivity index (χ4v) is 5.58. The van der Waals surface area contributed by atoms with Crippen LogP contribution in [-0.2, 0) is 21.2 Å². The lowest BCUT2D eigenvalue weighted by molar-refractivity contribution is -0.131. The van der Waals surface area contributed by atoms with Crippen molar-refractivity contribution in [2.24, 2.45) is 0 Å². The first kappa shape index (κ1) is 21.5. The zero-order valence-corrected chi connectivity index (χ0v) is 17.9. The van der Waals surface area contributed by atoms with Crippen LogP contribution in [0.2, 0.25) is 0 Å². The average Bonchev–Trinajstić information content (AvgIpc) is 3.24. The van der Waals surface area contributed by atoms with Gasteiger partial charge >= 0.3 is 0 Å². The van der Waals surface area contributed by atoms with Crippen LogP contribution in [-0.4, -0.2) is 59.7 Å². The van der Waals surface area contributed by atoms with Gasteiger partial charge in [0.15, 0.2) is 0 Å². The molecule has 0 spiro atoms. The molecule has 2 aromatic heterocycles. The van der Waals surface area contributed by atoms with Crippen molar-refractivity contribution in [2.45, 2.75) is 11.3 Å². The molecule has 1 saturated heterocycles. The standard InChI is InChI=1S/C20H18F2N4O3S2/c21-15-3-4-17(22)18(10-15)31(28,29)26-8-6-25(7-9-26)19(27)11-16-13-30-20(24-16)14-2-1-5-23-12-14/h1-5,10,12-13H,6-9,11H2. The molecule has 0 radical (unpaired) electrons. The van der Waals surface area contributed by atoms with Crippen LogP contribution in [0.25, 0.3) is 10.6 Å². The van der Waals surface area contributed by atoms with Crippen LogP contribution in [0.5, 0.6) is 0 Å². The maximum atomic E-state index is 13.9. The third-order valence-electron chi connectivity index (χ3n) is 4.89. The molecule has 31 heavy (non-hydrogen) atoms. The Balaban J connectivity index is 1.38. The highest BCUT2D eigenvalue weighted by atomic mass is 32.2. The van der Waals surface area contributed by atoms with Crippen molar-refractivity contribution < 1.29 is 22.0 Å². The quantitative estimate of drug-likeness (QED) is 0.580. The van der Waals surface area contributed by atoms with Gasteiger partial charge in [0.2, 0.25) is 15.9 Å². The Kier molecular flexibility index (Phi) is 6.08. The third kappa shape index (κ3) is 4.63. The number of sulfonamides is 1. The Labute approximate surface area is 182 Å². The average molecular weight is 465 g/mol. The molecule has 0 bridgehead atoms. The van der Waals surface area contributed by atoms with E-state index < -0.39 is 26.6 Å². The van der Waals surface area contributed by atoms with Crippen LogP contribution in [0.3, 0.4) is 0 Å². The molecule has 162 valence electrons. The molecule has 1 aliphatic rings. The monoisotopic (exact) mass is 464 g/mol. The number of carbonyl (C=O) groups excluding carboxylic acids is 1. The van der Waals surface area contributed by atoms with Gasteiger partial charge in [-0.15, -0.1) is 11.3 Å². The van der Waals surface area contributed by atoms with Gasteiger partial charge in [-0.25, -0.2) is 22.2 Å². The van der Waals surface area contributed by atoms with Gasteiger partial charge in [0.1, 0.15) is 21.5 Å². The van der Waals surface area contributed by atoms with E-state index in [1.54, 1.807) is 17.3 Å². The van der Waals surface area contributed by atoms with Gasteiger partial charge in [-0.2, -0.15) is 4.31 Å². The smallest absolute Gasteiger partial charge is 0.246 e. The van der Waals surface area contributed by atoms with Gasteiger partial charge < -0.3 is 4.90 Å². The highest BCUT2D eigenvalue weighted by Crippen LogP contribution is 2.24. The Morgan fingerprint density at radius 1 is 1.13 bits per heavy atom. The molecule has 3 heterocycles. The summed E-state index contributed by atoms with van der Waals surface area (Å²) in [5, 5.41) is 2.58. The molecule has 0 aliphatic carbocycles. The predicted molar refractivity (Wildman–Crippen MR) is 111 cm³/mol. The SMILES string of the molecule is O=C(Cc1csc(-c2cccnc2)n1)N1CCN(S(=O)(=O)c2cc(F)ccc2F)CC1. The minimum absolute atomic E-state index is 0.00201. The number of aromatic nitrogens is 2. The Morgan fingerprint density at radius 3 is 2.61 bits per heavy atom. The Hall–Kier alpha value is -2.76. The zero-order valence-electron chi connectivity index (χ0n) is 16.2. The minimum Gasteiger partial charge on any atom is -0.340 e. The van der Waals surface area contributed by atoms with E-state index in [4.69, 9.17) is 0 Å². The molecule has 7 nitrogen and oxygen atoms in total. The molecule has 0 saturated carbocycles. The van der Waals surface area contributed by atoms with Crippen molar-refractivity contribution in [3.05, 3.63) is 65.4 Å². The molecule has 1 aromatic carbocycles. The van der Waals surface area contributed by atoms with Gasteiger partial charge in [-0.1, -0.05) is 0 Å². The van der Waals surface area contributed by atoms with Gasteiger partial charge in [0.05, 0.1) is 12.1 Å². The summed E-state index contributed by atoms with van der Waals surface area (Å²) in [7, 11) is -4.19. The number of hydrogen-bond acceptors (Lipinski definition) is 6. The molecule has 3 aromatic rings. The van der Waals surface area contributed by atoms with Crippen LogP contribution in [0.1, 0.15) is 5.69 Å². The van der Waals surface area contributed by atoms with Crippen LogP contribution >= 0.6 is 11.3 Å². The lowest BCUT2D eigenvalue weighted by Crippen LogP contribution is -2.51. The number of carbonyl (C=O) groups is 1. The first-order chi connectivity index (χ1) is 14.8. The van der Waals surface area contributed by atoms with E-state index in [9.17, 15) is 22.0 Å². The molecule has 1 aliphatic heterocycles. The molecule has 0 unspecified atom stereocenters. The number of rotatable bonds is 5. The second-order valence-corrected chi connectivity index (χ2v) is 9.69. The summed E-state index contributed by atoms with van der Waals surface area (Å²) in [5.74, 6) is -2.01. The summed E-state index contributed by atoms with van der Waals surface area (Å²) in [6.07, 6.45) is 3.47. The highest BCUT2D eigenvalue weighted by molar-refractivity contribution is 7.89. The molecule has 1 fully saturated rings. The van der Waals surface area contributed by atoms with Gasteiger partial charge in [-0.3, -0.25) is 9.78 Å². The van der Waals surface area contributed by atoms with Gasteiger partial charge in [-0.05, 0) is 30.3 Å². The Morgan fingerprint density at radius 2 is 1.90 bits per heavy atom. The third-order valence-corrected chi connectivity index (χ3v) is 7.75. The maximum Gasteiger partial charge on any atom is 0.246 e. The number of piperazine rings is 1. The van der Waals surface area contributed by atoms with Crippen molar-refractivity contribution in [3.8, 4) is 10.6 Å². The summed E-state index contributed by atoms with van der Waals surface area (Å²) in [5.41, 5.74) is 1.50. The number of nitrogens with zero attached hydrogens (tertiary/aromatic N) is 4. The first-order valence-electron chi connectivity index (χ1n) is 9.42. The summed E-state index contributed by atoms with van der Waals surface area (Å²) in [6, 6.07) is 6.02. The summed E-state index contributed by atoms with van der Waals surface area (Å²) >= 11 is 1.42. The summed E-state index contributed by atoms with van der Waals surface area (Å²) < 4.78 is 53.8. The van der Waals surface area contributed by atoms with E-state index in [1.165, 1.54) is 11.3 Å². The maximum absolute atomic E-state index is 13.9. The summed E-state index contributed by atoms with van der Waals surface area (Å²) in [4.78, 5) is 22.0. The van der Waals surface area contributed by atoms with E-state index in [-0.39, 0.29) is 38.5 Å². The molecule has 11 heteroatoms. The molecular formula is C20H18F2N4O3S2. The van der Waals surface area contributed by atoms with Crippen LogP contribution in [0, 0.1) is 11.6 Å². The molecule has 1 amide bonds. The second-order valence-electron chi connectivity index (χ2n) is 6.92. The van der Waals surface area contributed by atoms with Gasteiger partial charge in [0.25, 0.3) is 0 Å². The lowest BCUT2D eigenvalue weighted by atomic mass is 10.2. The van der Waals surface area contributed by atoms with Crippen molar-refractivity contribution >= 4 is 27.3 Å². The lowest BCUT2D eigenvalue weighted by Gasteiger charge is -2.34. The van der Waals surface area contributed by atoms with Crippen molar-refractivity contribution in [2.75, 3.05) is 26.2 Å². The van der Waals surface area contributed by atoms with Gasteiger partial charge in [0, 0.05) is 49.5 Å².